The lowest BCUT2D eigenvalue weighted by atomic mass is 9.92. The van der Waals surface area contributed by atoms with Crippen LogP contribution in [0.25, 0.3) is 0 Å². The van der Waals surface area contributed by atoms with Crippen LogP contribution >= 0.6 is 0 Å². The lowest BCUT2D eigenvalue weighted by molar-refractivity contribution is -0.384. The molecule has 3 N–H and O–H groups in total. The van der Waals surface area contributed by atoms with Crippen molar-refractivity contribution < 1.29 is 24.0 Å². The number of ether oxygens (including phenoxy) is 1. The number of benzene rings is 2. The van der Waals surface area contributed by atoms with Gasteiger partial charge in [-0.25, -0.2) is 0 Å². The molecule has 0 heterocycles. The molecule has 0 spiro atoms. The monoisotopic (exact) mass is 385 g/mol. The summed E-state index contributed by atoms with van der Waals surface area (Å²) >= 11 is 0. The quantitative estimate of drug-likeness (QED) is 0.385. The molecule has 0 unspecified atom stereocenters. The first-order chi connectivity index (χ1) is 13.3. The zero-order valence-corrected chi connectivity index (χ0v) is 14.9. The van der Waals surface area contributed by atoms with Crippen molar-refractivity contribution >= 4 is 29.2 Å². The zero-order valence-electron chi connectivity index (χ0n) is 14.9. The molecule has 9 heteroatoms. The SMILES string of the molecule is NC(=O)C[C@H](CC(=O)OCC(=O)Nc1cccc([N+](=O)[O-])c1)c1ccccc1. The second-order valence-corrected chi connectivity index (χ2v) is 6.00. The molecule has 0 saturated heterocycles. The predicted molar refractivity (Wildman–Crippen MR) is 100 cm³/mol. The van der Waals surface area contributed by atoms with Gasteiger partial charge >= 0.3 is 5.97 Å². The van der Waals surface area contributed by atoms with Gasteiger partial charge in [0.25, 0.3) is 11.6 Å². The van der Waals surface area contributed by atoms with Gasteiger partial charge in [0, 0.05) is 30.2 Å². The van der Waals surface area contributed by atoms with E-state index in [4.69, 9.17) is 10.5 Å². The van der Waals surface area contributed by atoms with Crippen LogP contribution in [0.4, 0.5) is 11.4 Å². The summed E-state index contributed by atoms with van der Waals surface area (Å²) in [6, 6.07) is 14.3. The fraction of sp³-hybridized carbons (Fsp3) is 0.211. The Kier molecular flexibility index (Phi) is 7.21. The molecule has 28 heavy (non-hydrogen) atoms. The van der Waals surface area contributed by atoms with E-state index in [1.165, 1.54) is 24.3 Å². The minimum absolute atomic E-state index is 0.0288. The lowest BCUT2D eigenvalue weighted by Gasteiger charge is -2.15. The van der Waals surface area contributed by atoms with E-state index >= 15 is 0 Å². The summed E-state index contributed by atoms with van der Waals surface area (Å²) in [4.78, 5) is 45.4. The van der Waals surface area contributed by atoms with E-state index in [1.54, 1.807) is 30.3 Å². The Bertz CT molecular complexity index is 869. The van der Waals surface area contributed by atoms with E-state index in [0.29, 0.717) is 0 Å². The Morgan fingerprint density at radius 3 is 2.43 bits per heavy atom. The van der Waals surface area contributed by atoms with Gasteiger partial charge in [-0.1, -0.05) is 36.4 Å². The standard InChI is InChI=1S/C19H19N3O6/c20-17(23)9-14(13-5-2-1-3-6-13)10-19(25)28-12-18(24)21-15-7-4-8-16(11-15)22(26)27/h1-8,11,14H,9-10,12H2,(H2,20,23)(H,21,24)/t14-/m1/s1. The van der Waals surface area contributed by atoms with Gasteiger partial charge in [0.05, 0.1) is 11.3 Å². The maximum absolute atomic E-state index is 12.1. The number of nitrogens with one attached hydrogen (secondary N) is 1. The van der Waals surface area contributed by atoms with Crippen LogP contribution in [0.2, 0.25) is 0 Å². The van der Waals surface area contributed by atoms with Crippen molar-refractivity contribution in [3.05, 3.63) is 70.3 Å². The lowest BCUT2D eigenvalue weighted by Crippen LogP contribution is -2.23. The number of amides is 2. The van der Waals surface area contributed by atoms with Crippen LogP contribution in [-0.4, -0.2) is 29.3 Å². The molecule has 0 aliphatic heterocycles. The van der Waals surface area contributed by atoms with Gasteiger partial charge in [0.1, 0.15) is 0 Å². The van der Waals surface area contributed by atoms with E-state index in [9.17, 15) is 24.5 Å². The molecule has 0 aromatic heterocycles. The molecule has 0 fully saturated rings. The Labute approximate surface area is 160 Å². The molecule has 0 bridgehead atoms. The zero-order chi connectivity index (χ0) is 20.5. The molecule has 0 saturated carbocycles. The largest absolute Gasteiger partial charge is 0.456 e. The molecular formula is C19H19N3O6. The number of anilines is 1. The number of carbonyl (C=O) groups is 3. The van der Waals surface area contributed by atoms with Gasteiger partial charge in [0.2, 0.25) is 5.91 Å². The third kappa shape index (κ3) is 6.52. The van der Waals surface area contributed by atoms with E-state index in [1.807, 2.05) is 0 Å². The summed E-state index contributed by atoms with van der Waals surface area (Å²) in [7, 11) is 0. The number of esters is 1. The highest BCUT2D eigenvalue weighted by molar-refractivity contribution is 5.93. The van der Waals surface area contributed by atoms with E-state index < -0.39 is 35.2 Å². The first-order valence-corrected chi connectivity index (χ1v) is 8.38. The average Bonchev–Trinajstić information content (AvgIpc) is 2.66. The predicted octanol–water partition coefficient (Wildman–Crippen LogP) is 2.13. The highest BCUT2D eigenvalue weighted by atomic mass is 16.6. The number of non-ortho nitro benzene ring substituents is 1. The van der Waals surface area contributed by atoms with E-state index in [0.717, 1.165) is 5.56 Å². The fourth-order valence-corrected chi connectivity index (χ4v) is 2.58. The van der Waals surface area contributed by atoms with Crippen LogP contribution in [0, 0.1) is 10.1 Å². The number of hydrogen-bond acceptors (Lipinski definition) is 6. The van der Waals surface area contributed by atoms with E-state index in [-0.39, 0.29) is 24.2 Å². The van der Waals surface area contributed by atoms with Crippen molar-refractivity contribution in [3.8, 4) is 0 Å². The maximum Gasteiger partial charge on any atom is 0.306 e. The van der Waals surface area contributed by atoms with Gasteiger partial charge in [-0.3, -0.25) is 24.5 Å². The van der Waals surface area contributed by atoms with Crippen molar-refractivity contribution in [1.29, 1.82) is 0 Å². The molecule has 9 nitrogen and oxygen atoms in total. The van der Waals surface area contributed by atoms with Crippen molar-refractivity contribution in [3.63, 3.8) is 0 Å². The number of rotatable bonds is 9. The molecule has 0 aliphatic carbocycles. The Hall–Kier alpha value is -3.75. The fourth-order valence-electron chi connectivity index (χ4n) is 2.58. The molecule has 0 radical (unpaired) electrons. The van der Waals surface area contributed by atoms with Crippen LogP contribution in [0.1, 0.15) is 24.3 Å². The van der Waals surface area contributed by atoms with Gasteiger partial charge in [-0.15, -0.1) is 0 Å². The van der Waals surface area contributed by atoms with Crippen molar-refractivity contribution in [2.45, 2.75) is 18.8 Å². The van der Waals surface area contributed by atoms with Crippen LogP contribution in [0.15, 0.2) is 54.6 Å². The van der Waals surface area contributed by atoms with Gasteiger partial charge < -0.3 is 15.8 Å². The van der Waals surface area contributed by atoms with Gasteiger partial charge in [0.15, 0.2) is 6.61 Å². The number of hydrogen-bond donors (Lipinski definition) is 2. The Balaban J connectivity index is 1.89. The number of carbonyl (C=O) groups excluding carboxylic acids is 3. The van der Waals surface area contributed by atoms with Gasteiger partial charge in [-0.2, -0.15) is 0 Å². The Morgan fingerprint density at radius 2 is 1.79 bits per heavy atom. The number of nitrogens with two attached hydrogens (primary N) is 1. The molecule has 1 atom stereocenters. The topological polar surface area (TPSA) is 142 Å². The normalized spacial score (nSPS) is 11.3. The second kappa shape index (κ2) is 9.81. The number of primary amides is 1. The average molecular weight is 385 g/mol. The minimum atomic E-state index is -0.663. The summed E-state index contributed by atoms with van der Waals surface area (Å²) in [5.74, 6) is -2.31. The summed E-state index contributed by atoms with van der Waals surface area (Å²) in [6.07, 6.45) is -0.143. The van der Waals surface area contributed by atoms with Crippen molar-refractivity contribution in [2.24, 2.45) is 5.73 Å². The van der Waals surface area contributed by atoms with Crippen LogP contribution in [0.3, 0.4) is 0 Å². The first-order valence-electron chi connectivity index (χ1n) is 8.38. The van der Waals surface area contributed by atoms with Crippen LogP contribution in [0.5, 0.6) is 0 Å². The van der Waals surface area contributed by atoms with Crippen molar-refractivity contribution in [1.82, 2.24) is 0 Å². The minimum Gasteiger partial charge on any atom is -0.456 e. The molecule has 2 amide bonds. The first kappa shape index (κ1) is 20.6. The maximum atomic E-state index is 12.1. The van der Waals surface area contributed by atoms with Gasteiger partial charge in [-0.05, 0) is 11.6 Å². The molecule has 2 rings (SSSR count). The molecular weight excluding hydrogens is 366 g/mol. The smallest absolute Gasteiger partial charge is 0.306 e. The van der Waals surface area contributed by atoms with Crippen LogP contribution < -0.4 is 11.1 Å². The highest BCUT2D eigenvalue weighted by Gasteiger charge is 2.20. The number of nitrogens with zero attached hydrogens (tertiary/aromatic N) is 1. The summed E-state index contributed by atoms with van der Waals surface area (Å²) < 4.78 is 4.95. The third-order valence-electron chi connectivity index (χ3n) is 3.84. The third-order valence-corrected chi connectivity index (χ3v) is 3.84. The molecule has 0 aliphatic rings. The number of nitro groups is 1. The molecule has 2 aromatic rings. The summed E-state index contributed by atoms with van der Waals surface area (Å²) in [5, 5.41) is 13.2. The van der Waals surface area contributed by atoms with E-state index in [2.05, 4.69) is 5.32 Å². The van der Waals surface area contributed by atoms with Crippen LogP contribution in [-0.2, 0) is 19.1 Å². The highest BCUT2D eigenvalue weighted by Crippen LogP contribution is 2.23. The van der Waals surface area contributed by atoms with Crippen molar-refractivity contribution in [2.75, 3.05) is 11.9 Å². The summed E-state index contributed by atoms with van der Waals surface area (Å²) in [5.41, 5.74) is 6.05. The second-order valence-electron chi connectivity index (χ2n) is 6.00. The summed E-state index contributed by atoms with van der Waals surface area (Å²) in [6.45, 7) is -0.556. The molecule has 146 valence electrons. The number of nitro benzene ring substituents is 1. The Morgan fingerprint density at radius 1 is 1.07 bits per heavy atom. The molecule has 2 aromatic carbocycles.